The van der Waals surface area contributed by atoms with E-state index in [1.54, 1.807) is 0 Å². The van der Waals surface area contributed by atoms with Crippen LogP contribution in [0.15, 0.2) is 12.1 Å². The molecule has 1 saturated heterocycles. The molecule has 0 amide bonds. The maximum Gasteiger partial charge on any atom is 0.124 e. The van der Waals surface area contributed by atoms with Crippen molar-refractivity contribution in [3.05, 3.63) is 28.8 Å². The lowest BCUT2D eigenvalue weighted by atomic mass is 10.0. The van der Waals surface area contributed by atoms with Gasteiger partial charge in [-0.15, -0.1) is 0 Å². The first-order chi connectivity index (χ1) is 10.1. The Bertz CT molecular complexity index is 461. The van der Waals surface area contributed by atoms with Crippen LogP contribution in [0.4, 0.5) is 4.39 Å². The quantitative estimate of drug-likeness (QED) is 0.720. The fraction of sp³-hybridized carbons (Fsp3) is 0.667. The zero-order valence-electron chi connectivity index (χ0n) is 13.6. The molecule has 21 heavy (non-hydrogen) atoms. The summed E-state index contributed by atoms with van der Waals surface area (Å²) in [6, 6.07) is 4.98. The van der Waals surface area contributed by atoms with Crippen LogP contribution in [-0.2, 0) is 6.54 Å². The highest BCUT2D eigenvalue weighted by molar-refractivity contribution is 5.41. The van der Waals surface area contributed by atoms with Gasteiger partial charge in [0.25, 0.3) is 0 Å². The first kappa shape index (κ1) is 16.3. The molecule has 0 spiro atoms. The van der Waals surface area contributed by atoms with E-state index in [0.29, 0.717) is 19.1 Å². The molecule has 3 heteroatoms. The maximum absolute atomic E-state index is 12.3. The summed E-state index contributed by atoms with van der Waals surface area (Å²) in [4.78, 5) is 2.54. The van der Waals surface area contributed by atoms with Gasteiger partial charge in [0.15, 0.2) is 0 Å². The molecule has 0 bridgehead atoms. The van der Waals surface area contributed by atoms with E-state index in [0.717, 1.165) is 18.8 Å². The molecule has 1 aromatic carbocycles. The average Bonchev–Trinajstić information content (AvgIpc) is 2.46. The largest absolute Gasteiger partial charge is 0.493 e. The Morgan fingerprint density at radius 3 is 2.71 bits per heavy atom. The third-order valence-corrected chi connectivity index (χ3v) is 4.53. The number of likely N-dealkylation sites (tertiary alicyclic amines) is 1. The minimum absolute atomic E-state index is 0.316. The summed E-state index contributed by atoms with van der Waals surface area (Å²) in [5.74, 6) is 0.935. The first-order valence-electron chi connectivity index (χ1n) is 8.14. The molecular formula is C18H28FNO. The number of benzene rings is 1. The van der Waals surface area contributed by atoms with E-state index in [4.69, 9.17) is 4.74 Å². The van der Waals surface area contributed by atoms with Gasteiger partial charge in [-0.05, 0) is 57.4 Å². The van der Waals surface area contributed by atoms with Gasteiger partial charge in [0, 0.05) is 24.6 Å². The summed E-state index contributed by atoms with van der Waals surface area (Å²) >= 11 is 0. The van der Waals surface area contributed by atoms with Gasteiger partial charge in [-0.1, -0.05) is 12.5 Å². The van der Waals surface area contributed by atoms with Crippen LogP contribution in [0.5, 0.6) is 5.75 Å². The van der Waals surface area contributed by atoms with Gasteiger partial charge in [0.1, 0.15) is 5.75 Å². The van der Waals surface area contributed by atoms with Gasteiger partial charge >= 0.3 is 0 Å². The zero-order chi connectivity index (χ0) is 15.2. The lowest BCUT2D eigenvalue weighted by Crippen LogP contribution is -2.36. The Hall–Kier alpha value is -1.09. The van der Waals surface area contributed by atoms with Crippen LogP contribution >= 0.6 is 0 Å². The summed E-state index contributed by atoms with van der Waals surface area (Å²) in [7, 11) is 0. The minimum atomic E-state index is -0.316. The Kier molecular flexibility index (Phi) is 6.04. The highest BCUT2D eigenvalue weighted by Gasteiger charge is 2.20. The summed E-state index contributed by atoms with van der Waals surface area (Å²) in [6.07, 6.45) is 4.37. The van der Waals surface area contributed by atoms with Crippen molar-refractivity contribution >= 4 is 0 Å². The number of nitrogens with zero attached hydrogens (tertiary/aromatic N) is 1. The van der Waals surface area contributed by atoms with Crippen molar-refractivity contribution in [2.75, 3.05) is 19.8 Å². The predicted molar refractivity (Wildman–Crippen MR) is 85.7 cm³/mol. The summed E-state index contributed by atoms with van der Waals surface area (Å²) in [5, 5.41) is 0. The van der Waals surface area contributed by atoms with Gasteiger partial charge < -0.3 is 4.74 Å². The Morgan fingerprint density at radius 1 is 1.24 bits per heavy atom. The molecule has 1 atom stereocenters. The van der Waals surface area contributed by atoms with Crippen molar-refractivity contribution in [3.8, 4) is 5.75 Å². The highest BCUT2D eigenvalue weighted by atomic mass is 19.1. The van der Waals surface area contributed by atoms with Gasteiger partial charge in [-0.2, -0.15) is 0 Å². The van der Waals surface area contributed by atoms with Crippen LogP contribution in [-0.4, -0.2) is 30.8 Å². The van der Waals surface area contributed by atoms with E-state index < -0.39 is 0 Å². The molecular weight excluding hydrogens is 265 g/mol. The lowest BCUT2D eigenvalue weighted by Gasteiger charge is -2.33. The second-order valence-corrected chi connectivity index (χ2v) is 6.25. The van der Waals surface area contributed by atoms with Crippen molar-refractivity contribution in [1.29, 1.82) is 0 Å². The molecule has 1 aliphatic rings. The number of hydrogen-bond donors (Lipinski definition) is 0. The fourth-order valence-electron chi connectivity index (χ4n) is 2.96. The Balaban J connectivity index is 2.13. The minimum Gasteiger partial charge on any atom is -0.493 e. The lowest BCUT2D eigenvalue weighted by molar-refractivity contribution is 0.150. The number of rotatable bonds is 6. The monoisotopic (exact) mass is 293 g/mol. The molecule has 1 aliphatic heterocycles. The number of piperidine rings is 1. The van der Waals surface area contributed by atoms with Crippen LogP contribution < -0.4 is 4.74 Å². The first-order valence-corrected chi connectivity index (χ1v) is 8.14. The second kappa shape index (κ2) is 7.79. The zero-order valence-corrected chi connectivity index (χ0v) is 13.6. The highest BCUT2D eigenvalue weighted by Crippen LogP contribution is 2.27. The molecule has 1 fully saturated rings. The van der Waals surface area contributed by atoms with E-state index in [-0.39, 0.29) is 6.67 Å². The van der Waals surface area contributed by atoms with Gasteiger partial charge in [0.2, 0.25) is 0 Å². The van der Waals surface area contributed by atoms with Crippen LogP contribution in [0.1, 0.15) is 49.3 Å². The predicted octanol–water partition coefficient (Wildman–Crippen LogP) is 4.42. The van der Waals surface area contributed by atoms with Crippen LogP contribution in [0.3, 0.4) is 0 Å². The Morgan fingerprint density at radius 2 is 2.00 bits per heavy atom. The number of alkyl halides is 1. The smallest absolute Gasteiger partial charge is 0.124 e. The van der Waals surface area contributed by atoms with E-state index in [2.05, 4.69) is 37.8 Å². The van der Waals surface area contributed by atoms with Crippen LogP contribution in [0, 0.1) is 13.8 Å². The van der Waals surface area contributed by atoms with Gasteiger partial charge in [0.05, 0.1) is 13.3 Å². The van der Waals surface area contributed by atoms with E-state index in [1.807, 2.05) is 0 Å². The maximum atomic E-state index is 12.3. The number of aryl methyl sites for hydroxylation is 2. The van der Waals surface area contributed by atoms with Crippen LogP contribution in [0.2, 0.25) is 0 Å². The van der Waals surface area contributed by atoms with Crippen molar-refractivity contribution in [2.24, 2.45) is 0 Å². The van der Waals surface area contributed by atoms with Gasteiger partial charge in [-0.25, -0.2) is 0 Å². The third kappa shape index (κ3) is 4.44. The topological polar surface area (TPSA) is 12.5 Å². The molecule has 0 N–H and O–H groups in total. The van der Waals surface area contributed by atoms with Crippen molar-refractivity contribution < 1.29 is 9.13 Å². The summed E-state index contributed by atoms with van der Waals surface area (Å²) in [5.41, 5.74) is 3.78. The van der Waals surface area contributed by atoms with E-state index in [1.165, 1.54) is 36.0 Å². The van der Waals surface area contributed by atoms with Crippen molar-refractivity contribution in [1.82, 2.24) is 4.90 Å². The van der Waals surface area contributed by atoms with Gasteiger partial charge in [-0.3, -0.25) is 9.29 Å². The average molecular weight is 293 g/mol. The molecule has 2 nitrogen and oxygen atoms in total. The second-order valence-electron chi connectivity index (χ2n) is 6.25. The molecule has 118 valence electrons. The standard InChI is InChI=1S/C18H28FNO/c1-14-11-17(13-20-9-5-4-7-16(20)3)18(12-15(14)2)21-10-6-8-19/h11-12,16H,4-10,13H2,1-3H3. The molecule has 1 unspecified atom stereocenters. The van der Waals surface area contributed by atoms with E-state index >= 15 is 0 Å². The normalized spacial score (nSPS) is 19.7. The van der Waals surface area contributed by atoms with E-state index in [9.17, 15) is 4.39 Å². The fourth-order valence-corrected chi connectivity index (χ4v) is 2.96. The Labute approximate surface area is 128 Å². The van der Waals surface area contributed by atoms with Crippen LogP contribution in [0.25, 0.3) is 0 Å². The number of ether oxygens (including phenoxy) is 1. The summed E-state index contributed by atoms with van der Waals surface area (Å²) in [6.45, 7) is 8.80. The SMILES string of the molecule is Cc1cc(CN2CCCCC2C)c(OCCCF)cc1C. The summed E-state index contributed by atoms with van der Waals surface area (Å²) < 4.78 is 18.1. The molecule has 1 heterocycles. The molecule has 0 radical (unpaired) electrons. The third-order valence-electron chi connectivity index (χ3n) is 4.53. The molecule has 2 rings (SSSR count). The molecule has 1 aromatic rings. The van der Waals surface area contributed by atoms with Crippen molar-refractivity contribution in [2.45, 2.75) is 59.0 Å². The molecule has 0 aromatic heterocycles. The number of halogens is 1. The van der Waals surface area contributed by atoms with Crippen molar-refractivity contribution in [3.63, 3.8) is 0 Å². The number of hydrogen-bond acceptors (Lipinski definition) is 2. The molecule has 0 saturated carbocycles. The molecule has 0 aliphatic carbocycles.